The van der Waals surface area contributed by atoms with Gasteiger partial charge in [0.15, 0.2) is 0 Å². The Kier molecular flexibility index (Phi) is 1.86. The van der Waals surface area contributed by atoms with Gasteiger partial charge < -0.3 is 5.11 Å². The minimum Gasteiger partial charge on any atom is -0.392 e. The molecule has 2 rings (SSSR count). The third kappa shape index (κ3) is 1.13. The van der Waals surface area contributed by atoms with Gasteiger partial charge >= 0.3 is 0 Å². The van der Waals surface area contributed by atoms with E-state index in [-0.39, 0.29) is 6.61 Å². The fourth-order valence-corrected chi connectivity index (χ4v) is 1.56. The monoisotopic (exact) mass is 167 g/mol. The lowest BCUT2D eigenvalue weighted by molar-refractivity contribution is 0.246. The lowest BCUT2D eigenvalue weighted by Crippen LogP contribution is -2.31. The van der Waals surface area contributed by atoms with Crippen molar-refractivity contribution in [3.05, 3.63) is 17.5 Å². The average molecular weight is 167 g/mol. The summed E-state index contributed by atoms with van der Waals surface area (Å²) in [5.74, 6) is 0. The first-order valence-electron chi connectivity index (χ1n) is 4.14. The van der Waals surface area contributed by atoms with Gasteiger partial charge in [-0.05, 0) is 7.05 Å². The van der Waals surface area contributed by atoms with Crippen LogP contribution in [0, 0.1) is 0 Å². The fraction of sp³-hybridized carbons (Fsp3) is 0.625. The summed E-state index contributed by atoms with van der Waals surface area (Å²) in [6, 6.07) is 0. The quantitative estimate of drug-likeness (QED) is 0.631. The molecule has 0 unspecified atom stereocenters. The van der Waals surface area contributed by atoms with Gasteiger partial charge in [-0.3, -0.25) is 9.58 Å². The van der Waals surface area contributed by atoms with Crippen molar-refractivity contribution in [2.24, 2.45) is 0 Å². The van der Waals surface area contributed by atoms with E-state index in [4.69, 9.17) is 5.11 Å². The van der Waals surface area contributed by atoms with Crippen molar-refractivity contribution in [1.29, 1.82) is 0 Å². The first-order chi connectivity index (χ1) is 5.81. The smallest absolute Gasteiger partial charge is 0.0715 e. The highest BCUT2D eigenvalue weighted by Gasteiger charge is 2.16. The molecule has 1 aromatic rings. The van der Waals surface area contributed by atoms with E-state index in [1.165, 1.54) is 0 Å². The standard InChI is InChI=1S/C8H13N3O/c1-10-2-3-11-8(5-10)7(6-12)4-9-11/h4,12H,2-3,5-6H2,1H3. The molecule has 1 aromatic heterocycles. The first kappa shape index (κ1) is 7.76. The van der Waals surface area contributed by atoms with E-state index in [0.29, 0.717) is 0 Å². The van der Waals surface area contributed by atoms with Crippen molar-refractivity contribution in [2.75, 3.05) is 13.6 Å². The zero-order valence-corrected chi connectivity index (χ0v) is 7.19. The van der Waals surface area contributed by atoms with Gasteiger partial charge in [0, 0.05) is 18.7 Å². The molecule has 0 spiro atoms. The van der Waals surface area contributed by atoms with E-state index in [1.54, 1.807) is 6.20 Å². The molecule has 0 atom stereocenters. The molecule has 1 N–H and O–H groups in total. The third-order valence-corrected chi connectivity index (χ3v) is 2.32. The summed E-state index contributed by atoms with van der Waals surface area (Å²) in [7, 11) is 2.08. The van der Waals surface area contributed by atoms with Crippen LogP contribution in [0.25, 0.3) is 0 Å². The molecule has 2 heterocycles. The highest BCUT2D eigenvalue weighted by atomic mass is 16.3. The number of aromatic nitrogens is 2. The number of aliphatic hydroxyl groups is 1. The van der Waals surface area contributed by atoms with Crippen LogP contribution in [0.5, 0.6) is 0 Å². The number of fused-ring (bicyclic) bond motifs is 1. The van der Waals surface area contributed by atoms with E-state index in [0.717, 1.165) is 30.9 Å². The summed E-state index contributed by atoms with van der Waals surface area (Å²) in [6.07, 6.45) is 1.76. The van der Waals surface area contributed by atoms with Crippen LogP contribution in [0.2, 0.25) is 0 Å². The van der Waals surface area contributed by atoms with E-state index < -0.39 is 0 Å². The van der Waals surface area contributed by atoms with Crippen LogP contribution >= 0.6 is 0 Å². The molecular formula is C8H13N3O. The van der Waals surface area contributed by atoms with Gasteiger partial charge in [0.1, 0.15) is 0 Å². The van der Waals surface area contributed by atoms with Crippen molar-refractivity contribution in [1.82, 2.24) is 14.7 Å². The van der Waals surface area contributed by atoms with Crippen molar-refractivity contribution in [3.63, 3.8) is 0 Å². The summed E-state index contributed by atoms with van der Waals surface area (Å²) < 4.78 is 1.98. The van der Waals surface area contributed by atoms with E-state index in [1.807, 2.05) is 4.68 Å². The first-order valence-corrected chi connectivity index (χ1v) is 4.14. The Morgan fingerprint density at radius 3 is 3.17 bits per heavy atom. The second-order valence-electron chi connectivity index (χ2n) is 3.24. The van der Waals surface area contributed by atoms with Gasteiger partial charge in [0.25, 0.3) is 0 Å². The van der Waals surface area contributed by atoms with E-state index in [2.05, 4.69) is 17.0 Å². The van der Waals surface area contributed by atoms with Crippen LogP contribution in [0.1, 0.15) is 11.3 Å². The number of hydrogen-bond acceptors (Lipinski definition) is 3. The third-order valence-electron chi connectivity index (χ3n) is 2.32. The SMILES string of the molecule is CN1CCn2ncc(CO)c2C1. The van der Waals surface area contributed by atoms with Crippen LogP contribution in [0.4, 0.5) is 0 Å². The van der Waals surface area contributed by atoms with E-state index >= 15 is 0 Å². The predicted octanol–water partition coefficient (Wildman–Crippen LogP) is -0.179. The molecular weight excluding hydrogens is 154 g/mol. The van der Waals surface area contributed by atoms with Gasteiger partial charge in [0.2, 0.25) is 0 Å². The van der Waals surface area contributed by atoms with Crippen molar-refractivity contribution < 1.29 is 5.11 Å². The van der Waals surface area contributed by atoms with Crippen LogP contribution < -0.4 is 0 Å². The van der Waals surface area contributed by atoms with Gasteiger partial charge in [-0.25, -0.2) is 0 Å². The Labute approximate surface area is 71.4 Å². The largest absolute Gasteiger partial charge is 0.392 e. The van der Waals surface area contributed by atoms with Crippen LogP contribution in [0.15, 0.2) is 6.20 Å². The molecule has 0 radical (unpaired) electrons. The van der Waals surface area contributed by atoms with Crippen LogP contribution in [-0.4, -0.2) is 33.4 Å². The maximum absolute atomic E-state index is 9.00. The molecule has 0 aliphatic carbocycles. The molecule has 12 heavy (non-hydrogen) atoms. The zero-order chi connectivity index (χ0) is 8.55. The molecule has 4 nitrogen and oxygen atoms in total. The normalized spacial score (nSPS) is 17.8. The molecule has 0 saturated heterocycles. The maximum Gasteiger partial charge on any atom is 0.0715 e. The molecule has 0 saturated carbocycles. The Morgan fingerprint density at radius 2 is 2.42 bits per heavy atom. The number of hydrogen-bond donors (Lipinski definition) is 1. The molecule has 0 amide bonds. The van der Waals surface area contributed by atoms with Crippen molar-refractivity contribution in [3.8, 4) is 0 Å². The minimum absolute atomic E-state index is 0.100. The number of likely N-dealkylation sites (N-methyl/N-ethyl adjacent to an activating group) is 1. The van der Waals surface area contributed by atoms with Gasteiger partial charge in [-0.1, -0.05) is 0 Å². The van der Waals surface area contributed by atoms with E-state index in [9.17, 15) is 0 Å². The Morgan fingerprint density at radius 1 is 1.58 bits per heavy atom. The zero-order valence-electron chi connectivity index (χ0n) is 7.19. The second kappa shape index (κ2) is 2.88. The Balaban J connectivity index is 2.34. The lowest BCUT2D eigenvalue weighted by atomic mass is 10.2. The van der Waals surface area contributed by atoms with Crippen molar-refractivity contribution >= 4 is 0 Å². The minimum atomic E-state index is 0.100. The maximum atomic E-state index is 9.00. The molecule has 1 aliphatic heterocycles. The summed E-state index contributed by atoms with van der Waals surface area (Å²) in [4.78, 5) is 2.23. The van der Waals surface area contributed by atoms with Crippen LogP contribution in [-0.2, 0) is 19.7 Å². The molecule has 0 fully saturated rings. The molecule has 0 bridgehead atoms. The summed E-state index contributed by atoms with van der Waals surface area (Å²) in [5, 5.41) is 13.2. The molecule has 4 heteroatoms. The second-order valence-corrected chi connectivity index (χ2v) is 3.24. The fourth-order valence-electron chi connectivity index (χ4n) is 1.56. The highest BCUT2D eigenvalue weighted by molar-refractivity contribution is 5.17. The van der Waals surface area contributed by atoms with Gasteiger partial charge in [0.05, 0.1) is 25.0 Å². The topological polar surface area (TPSA) is 41.3 Å². The van der Waals surface area contributed by atoms with Gasteiger partial charge in [-0.2, -0.15) is 5.10 Å². The Hall–Kier alpha value is -0.870. The summed E-state index contributed by atoms with van der Waals surface area (Å²) in [5.41, 5.74) is 2.12. The Bertz CT molecular complexity index is 268. The summed E-state index contributed by atoms with van der Waals surface area (Å²) in [6.45, 7) is 2.98. The van der Waals surface area contributed by atoms with Crippen LogP contribution in [0.3, 0.4) is 0 Å². The summed E-state index contributed by atoms with van der Waals surface area (Å²) >= 11 is 0. The predicted molar refractivity (Wildman–Crippen MR) is 44.5 cm³/mol. The highest BCUT2D eigenvalue weighted by Crippen LogP contribution is 2.14. The molecule has 66 valence electrons. The number of aliphatic hydroxyl groups excluding tert-OH is 1. The average Bonchev–Trinajstić information content (AvgIpc) is 2.46. The number of rotatable bonds is 1. The number of nitrogens with zero attached hydrogens (tertiary/aromatic N) is 3. The molecule has 0 aromatic carbocycles. The van der Waals surface area contributed by atoms with Gasteiger partial charge in [-0.15, -0.1) is 0 Å². The molecule has 1 aliphatic rings. The van der Waals surface area contributed by atoms with Crippen molar-refractivity contribution in [2.45, 2.75) is 19.7 Å². The lowest BCUT2D eigenvalue weighted by Gasteiger charge is -2.23.